The van der Waals surface area contributed by atoms with E-state index in [1.54, 1.807) is 13.2 Å². The average Bonchev–Trinajstić information content (AvgIpc) is 2.18. The molecule has 0 aliphatic rings. The van der Waals surface area contributed by atoms with Crippen molar-refractivity contribution < 1.29 is 9.53 Å². The zero-order valence-corrected chi connectivity index (χ0v) is 8.80. The summed E-state index contributed by atoms with van der Waals surface area (Å²) in [4.78, 5) is 11.0. The van der Waals surface area contributed by atoms with E-state index >= 15 is 0 Å². The standard InChI is InChI=1S/C9H10BrNO2/c1-13-8-4-2-3-7(5-8)11-9(12)6-10/h2-5H,6H2,1H3,(H,11,12). The van der Waals surface area contributed by atoms with Crippen molar-refractivity contribution in [1.82, 2.24) is 0 Å². The van der Waals surface area contributed by atoms with Gasteiger partial charge in [-0.1, -0.05) is 22.0 Å². The molecule has 0 aromatic heterocycles. The third-order valence-electron chi connectivity index (χ3n) is 1.47. The minimum atomic E-state index is -0.0757. The molecule has 0 heterocycles. The van der Waals surface area contributed by atoms with Gasteiger partial charge in [-0.05, 0) is 12.1 Å². The minimum Gasteiger partial charge on any atom is -0.497 e. The predicted octanol–water partition coefficient (Wildman–Crippen LogP) is 2.03. The molecule has 0 unspecified atom stereocenters. The first-order valence-corrected chi connectivity index (χ1v) is 4.88. The van der Waals surface area contributed by atoms with E-state index in [2.05, 4.69) is 21.2 Å². The van der Waals surface area contributed by atoms with E-state index in [-0.39, 0.29) is 5.91 Å². The van der Waals surface area contributed by atoms with Crippen LogP contribution in [0.25, 0.3) is 0 Å². The van der Waals surface area contributed by atoms with Crippen molar-refractivity contribution in [2.75, 3.05) is 17.8 Å². The van der Waals surface area contributed by atoms with Crippen LogP contribution in [0.3, 0.4) is 0 Å². The fourth-order valence-electron chi connectivity index (χ4n) is 0.895. The number of methoxy groups -OCH3 is 1. The van der Waals surface area contributed by atoms with Crippen LogP contribution >= 0.6 is 15.9 Å². The molecule has 0 aliphatic carbocycles. The molecule has 13 heavy (non-hydrogen) atoms. The van der Waals surface area contributed by atoms with Gasteiger partial charge >= 0.3 is 0 Å². The highest BCUT2D eigenvalue weighted by molar-refractivity contribution is 9.09. The van der Waals surface area contributed by atoms with Gasteiger partial charge in [0.25, 0.3) is 0 Å². The lowest BCUT2D eigenvalue weighted by atomic mass is 10.3. The summed E-state index contributed by atoms with van der Waals surface area (Å²) in [6, 6.07) is 7.22. The lowest BCUT2D eigenvalue weighted by Gasteiger charge is -2.04. The summed E-state index contributed by atoms with van der Waals surface area (Å²) in [6.45, 7) is 0. The van der Waals surface area contributed by atoms with Gasteiger partial charge in [-0.3, -0.25) is 4.79 Å². The normalized spacial score (nSPS) is 9.38. The highest BCUT2D eigenvalue weighted by Crippen LogP contribution is 2.16. The van der Waals surface area contributed by atoms with Gasteiger partial charge in [-0.15, -0.1) is 0 Å². The Morgan fingerprint density at radius 3 is 3.00 bits per heavy atom. The minimum absolute atomic E-state index is 0.0757. The van der Waals surface area contributed by atoms with Crippen LogP contribution in [-0.4, -0.2) is 18.3 Å². The van der Waals surface area contributed by atoms with Gasteiger partial charge in [0, 0.05) is 11.8 Å². The van der Waals surface area contributed by atoms with E-state index < -0.39 is 0 Å². The van der Waals surface area contributed by atoms with Crippen LogP contribution in [0.1, 0.15) is 0 Å². The largest absolute Gasteiger partial charge is 0.497 e. The maximum absolute atomic E-state index is 11.0. The second-order valence-electron chi connectivity index (χ2n) is 2.41. The molecule has 0 aliphatic heterocycles. The zero-order valence-electron chi connectivity index (χ0n) is 7.21. The highest BCUT2D eigenvalue weighted by atomic mass is 79.9. The van der Waals surface area contributed by atoms with Gasteiger partial charge in [0.15, 0.2) is 0 Å². The first kappa shape index (κ1) is 10.1. The summed E-state index contributed by atoms with van der Waals surface area (Å²) in [5, 5.41) is 3.00. The number of carbonyl (C=O) groups excluding carboxylic acids is 1. The smallest absolute Gasteiger partial charge is 0.235 e. The summed E-state index contributed by atoms with van der Waals surface area (Å²) in [5.41, 5.74) is 0.740. The van der Waals surface area contributed by atoms with Gasteiger partial charge < -0.3 is 10.1 Å². The lowest BCUT2D eigenvalue weighted by Crippen LogP contribution is -2.12. The zero-order chi connectivity index (χ0) is 9.68. The molecule has 1 amide bonds. The average molecular weight is 244 g/mol. The molecule has 0 spiro atoms. The number of amides is 1. The van der Waals surface area contributed by atoms with Crippen LogP contribution in [0.4, 0.5) is 5.69 Å². The second-order valence-corrected chi connectivity index (χ2v) is 2.97. The molecule has 1 rings (SSSR count). The number of hydrogen-bond donors (Lipinski definition) is 1. The summed E-state index contributed by atoms with van der Waals surface area (Å²) in [6.07, 6.45) is 0. The molecule has 3 nitrogen and oxygen atoms in total. The van der Waals surface area contributed by atoms with Crippen LogP contribution in [0.2, 0.25) is 0 Å². The van der Waals surface area contributed by atoms with Crippen molar-refractivity contribution in [3.63, 3.8) is 0 Å². The number of hydrogen-bond acceptors (Lipinski definition) is 2. The fraction of sp³-hybridized carbons (Fsp3) is 0.222. The van der Waals surface area contributed by atoms with Crippen molar-refractivity contribution in [2.45, 2.75) is 0 Å². The van der Waals surface area contributed by atoms with E-state index in [1.807, 2.05) is 18.2 Å². The van der Waals surface area contributed by atoms with Crippen molar-refractivity contribution >= 4 is 27.5 Å². The molecular formula is C9H10BrNO2. The number of rotatable bonds is 3. The molecule has 0 radical (unpaired) electrons. The Bertz CT molecular complexity index is 301. The molecule has 1 aromatic carbocycles. The van der Waals surface area contributed by atoms with Crippen molar-refractivity contribution in [3.05, 3.63) is 24.3 Å². The first-order chi connectivity index (χ1) is 6.26. The van der Waals surface area contributed by atoms with Crippen LogP contribution in [0.5, 0.6) is 5.75 Å². The first-order valence-electron chi connectivity index (χ1n) is 3.76. The third-order valence-corrected chi connectivity index (χ3v) is 1.98. The number of halogens is 1. The topological polar surface area (TPSA) is 38.3 Å². The lowest BCUT2D eigenvalue weighted by molar-refractivity contribution is -0.113. The summed E-state index contributed by atoms with van der Waals surface area (Å²) in [7, 11) is 1.59. The maximum atomic E-state index is 11.0. The van der Waals surface area contributed by atoms with Crippen molar-refractivity contribution in [1.29, 1.82) is 0 Å². The second kappa shape index (κ2) is 4.87. The number of nitrogens with one attached hydrogen (secondary N) is 1. The van der Waals surface area contributed by atoms with Crippen LogP contribution in [0.15, 0.2) is 24.3 Å². The molecule has 0 saturated carbocycles. The summed E-state index contributed by atoms with van der Waals surface area (Å²) in [5.74, 6) is 0.653. The SMILES string of the molecule is COc1cccc(NC(=O)CBr)c1. The van der Waals surface area contributed by atoms with E-state index in [1.165, 1.54) is 0 Å². The Morgan fingerprint density at radius 2 is 2.38 bits per heavy atom. The molecular weight excluding hydrogens is 234 g/mol. The number of carbonyl (C=O) groups is 1. The van der Waals surface area contributed by atoms with Crippen LogP contribution in [-0.2, 0) is 4.79 Å². The Morgan fingerprint density at radius 1 is 1.62 bits per heavy atom. The van der Waals surface area contributed by atoms with E-state index in [0.29, 0.717) is 5.33 Å². The van der Waals surface area contributed by atoms with Gasteiger partial charge in [-0.2, -0.15) is 0 Å². The van der Waals surface area contributed by atoms with E-state index in [4.69, 9.17) is 4.74 Å². The molecule has 0 fully saturated rings. The molecule has 70 valence electrons. The summed E-state index contributed by atoms with van der Waals surface area (Å²) >= 11 is 3.06. The monoisotopic (exact) mass is 243 g/mol. The predicted molar refractivity (Wildman–Crippen MR) is 55.4 cm³/mol. The quantitative estimate of drug-likeness (QED) is 0.826. The van der Waals surface area contributed by atoms with Crippen molar-refractivity contribution in [2.24, 2.45) is 0 Å². The van der Waals surface area contributed by atoms with E-state index in [9.17, 15) is 4.79 Å². The Balaban J connectivity index is 2.71. The van der Waals surface area contributed by atoms with Crippen LogP contribution in [0, 0.1) is 0 Å². The maximum Gasteiger partial charge on any atom is 0.235 e. The van der Waals surface area contributed by atoms with Crippen molar-refractivity contribution in [3.8, 4) is 5.75 Å². The van der Waals surface area contributed by atoms with Crippen LogP contribution < -0.4 is 10.1 Å². The molecule has 0 atom stereocenters. The number of anilines is 1. The Hall–Kier alpha value is -1.03. The molecule has 1 aromatic rings. The van der Waals surface area contributed by atoms with E-state index in [0.717, 1.165) is 11.4 Å². The van der Waals surface area contributed by atoms with Gasteiger partial charge in [-0.25, -0.2) is 0 Å². The molecule has 0 saturated heterocycles. The van der Waals surface area contributed by atoms with Gasteiger partial charge in [0.05, 0.1) is 12.4 Å². The Labute approximate surface area is 85.2 Å². The number of alkyl halides is 1. The molecule has 4 heteroatoms. The van der Waals surface area contributed by atoms with Gasteiger partial charge in [0.2, 0.25) is 5.91 Å². The van der Waals surface area contributed by atoms with Gasteiger partial charge in [0.1, 0.15) is 5.75 Å². The fourth-order valence-corrected chi connectivity index (χ4v) is 1.04. The number of benzene rings is 1. The highest BCUT2D eigenvalue weighted by Gasteiger charge is 1.99. The Kier molecular flexibility index (Phi) is 3.76. The summed E-state index contributed by atoms with van der Waals surface area (Å²) < 4.78 is 5.01. The molecule has 1 N–H and O–H groups in total. The number of ether oxygens (including phenoxy) is 1. The third kappa shape index (κ3) is 3.06. The molecule has 0 bridgehead atoms.